The van der Waals surface area contributed by atoms with E-state index in [4.69, 9.17) is 0 Å². The van der Waals surface area contributed by atoms with Crippen molar-refractivity contribution in [3.8, 4) is 0 Å². The van der Waals surface area contributed by atoms with Gasteiger partial charge >= 0.3 is 0 Å². The molecule has 0 saturated heterocycles. The number of hydrogen-bond donors (Lipinski definition) is 1. The molecule has 0 aliphatic heterocycles. The molecule has 1 N–H and O–H groups in total. The first-order valence-corrected chi connectivity index (χ1v) is 5.95. The van der Waals surface area contributed by atoms with E-state index in [9.17, 15) is 0 Å². The van der Waals surface area contributed by atoms with E-state index in [0.29, 0.717) is 6.04 Å². The minimum absolute atomic E-state index is 0.510. The molecule has 0 bridgehead atoms. The molecule has 2 nitrogen and oxygen atoms in total. The van der Waals surface area contributed by atoms with Crippen molar-refractivity contribution in [3.05, 3.63) is 29.6 Å². The molecule has 82 valence electrons. The monoisotopic (exact) mass is 204 g/mol. The second kappa shape index (κ2) is 4.75. The molecule has 1 aliphatic carbocycles. The van der Waals surface area contributed by atoms with Crippen molar-refractivity contribution in [1.29, 1.82) is 0 Å². The first kappa shape index (κ1) is 10.6. The molecule has 2 rings (SSSR count). The predicted octanol–water partition coefficient (Wildman–Crippen LogP) is 2.84. The van der Waals surface area contributed by atoms with Crippen molar-refractivity contribution >= 4 is 0 Å². The molecule has 15 heavy (non-hydrogen) atoms. The fourth-order valence-corrected chi connectivity index (χ4v) is 2.09. The SMILES string of the molecule is CCNC(CC1CC1)c1cnccc1C. The van der Waals surface area contributed by atoms with Gasteiger partial charge in [0.05, 0.1) is 0 Å². The van der Waals surface area contributed by atoms with E-state index in [-0.39, 0.29) is 0 Å². The predicted molar refractivity (Wildman–Crippen MR) is 62.7 cm³/mol. The van der Waals surface area contributed by atoms with Gasteiger partial charge in [0.25, 0.3) is 0 Å². The van der Waals surface area contributed by atoms with E-state index in [1.54, 1.807) is 0 Å². The van der Waals surface area contributed by atoms with Crippen LogP contribution in [0, 0.1) is 12.8 Å². The summed E-state index contributed by atoms with van der Waals surface area (Å²) in [7, 11) is 0. The van der Waals surface area contributed by atoms with Crippen LogP contribution in [0.15, 0.2) is 18.5 Å². The summed E-state index contributed by atoms with van der Waals surface area (Å²) < 4.78 is 0. The first-order valence-electron chi connectivity index (χ1n) is 5.95. The quantitative estimate of drug-likeness (QED) is 0.797. The van der Waals surface area contributed by atoms with Crippen LogP contribution in [0.1, 0.15) is 43.4 Å². The van der Waals surface area contributed by atoms with E-state index >= 15 is 0 Å². The lowest BCUT2D eigenvalue weighted by atomic mass is 9.99. The molecule has 0 aromatic carbocycles. The number of rotatable bonds is 5. The lowest BCUT2D eigenvalue weighted by Gasteiger charge is -2.19. The minimum Gasteiger partial charge on any atom is -0.310 e. The number of pyridine rings is 1. The number of hydrogen-bond acceptors (Lipinski definition) is 2. The summed E-state index contributed by atoms with van der Waals surface area (Å²) in [5.41, 5.74) is 2.74. The minimum atomic E-state index is 0.510. The number of nitrogens with one attached hydrogen (secondary N) is 1. The summed E-state index contributed by atoms with van der Waals surface area (Å²) in [5.74, 6) is 0.952. The van der Waals surface area contributed by atoms with Gasteiger partial charge in [-0.3, -0.25) is 4.98 Å². The Morgan fingerprint density at radius 2 is 2.33 bits per heavy atom. The van der Waals surface area contributed by atoms with Crippen LogP contribution in [-0.4, -0.2) is 11.5 Å². The zero-order valence-corrected chi connectivity index (χ0v) is 9.66. The molecular formula is C13H20N2. The molecule has 0 spiro atoms. The van der Waals surface area contributed by atoms with Crippen molar-refractivity contribution in [2.75, 3.05) is 6.54 Å². The topological polar surface area (TPSA) is 24.9 Å². The highest BCUT2D eigenvalue weighted by molar-refractivity contribution is 5.25. The van der Waals surface area contributed by atoms with Crippen molar-refractivity contribution in [3.63, 3.8) is 0 Å². The molecule has 1 aromatic rings. The Balaban J connectivity index is 2.11. The smallest absolute Gasteiger partial charge is 0.0340 e. The standard InChI is InChI=1S/C13H20N2/c1-3-15-13(8-11-4-5-11)12-9-14-7-6-10(12)2/h6-7,9,11,13,15H,3-5,8H2,1-2H3. The highest BCUT2D eigenvalue weighted by Crippen LogP contribution is 2.37. The molecule has 1 atom stereocenters. The molecule has 1 saturated carbocycles. The van der Waals surface area contributed by atoms with Crippen LogP contribution in [0.5, 0.6) is 0 Å². The average molecular weight is 204 g/mol. The highest BCUT2D eigenvalue weighted by Gasteiger charge is 2.26. The molecule has 1 fully saturated rings. The van der Waals surface area contributed by atoms with Crippen LogP contribution in [0.3, 0.4) is 0 Å². The van der Waals surface area contributed by atoms with Crippen molar-refractivity contribution < 1.29 is 0 Å². The molecule has 1 aromatic heterocycles. The maximum atomic E-state index is 4.24. The molecule has 1 aliphatic rings. The van der Waals surface area contributed by atoms with Crippen LogP contribution in [0.2, 0.25) is 0 Å². The lowest BCUT2D eigenvalue weighted by Crippen LogP contribution is -2.22. The summed E-state index contributed by atoms with van der Waals surface area (Å²) >= 11 is 0. The molecule has 1 unspecified atom stereocenters. The fraction of sp³-hybridized carbons (Fsp3) is 0.615. The van der Waals surface area contributed by atoms with Gasteiger partial charge in [-0.2, -0.15) is 0 Å². The molecule has 0 radical (unpaired) electrons. The second-order valence-corrected chi connectivity index (χ2v) is 4.52. The zero-order valence-electron chi connectivity index (χ0n) is 9.66. The lowest BCUT2D eigenvalue weighted by molar-refractivity contribution is 0.484. The maximum Gasteiger partial charge on any atom is 0.0340 e. The summed E-state index contributed by atoms with van der Waals surface area (Å²) in [5, 5.41) is 3.57. The van der Waals surface area contributed by atoms with E-state index in [2.05, 4.69) is 30.2 Å². The summed E-state index contributed by atoms with van der Waals surface area (Å²) in [4.78, 5) is 4.24. The molecule has 0 amide bonds. The van der Waals surface area contributed by atoms with E-state index < -0.39 is 0 Å². The normalized spacial score (nSPS) is 17.7. The fourth-order valence-electron chi connectivity index (χ4n) is 2.09. The van der Waals surface area contributed by atoms with Gasteiger partial charge in [0.2, 0.25) is 0 Å². The number of aromatic nitrogens is 1. The van der Waals surface area contributed by atoms with Crippen LogP contribution >= 0.6 is 0 Å². The Kier molecular flexibility index (Phi) is 3.37. The Hall–Kier alpha value is -0.890. The van der Waals surface area contributed by atoms with Crippen molar-refractivity contribution in [2.24, 2.45) is 5.92 Å². The van der Waals surface area contributed by atoms with Gasteiger partial charge in [0.15, 0.2) is 0 Å². The average Bonchev–Trinajstić information content (AvgIpc) is 3.02. The van der Waals surface area contributed by atoms with Crippen molar-refractivity contribution in [1.82, 2.24) is 10.3 Å². The van der Waals surface area contributed by atoms with Gasteiger partial charge in [-0.25, -0.2) is 0 Å². The van der Waals surface area contributed by atoms with Gasteiger partial charge in [0.1, 0.15) is 0 Å². The molecule has 1 heterocycles. The largest absolute Gasteiger partial charge is 0.310 e. The van der Waals surface area contributed by atoms with Gasteiger partial charge in [-0.15, -0.1) is 0 Å². The number of aryl methyl sites for hydroxylation is 1. The van der Waals surface area contributed by atoms with Gasteiger partial charge in [-0.1, -0.05) is 19.8 Å². The third kappa shape index (κ3) is 2.78. The van der Waals surface area contributed by atoms with E-state index in [1.807, 2.05) is 12.4 Å². The molecule has 2 heteroatoms. The van der Waals surface area contributed by atoms with Gasteiger partial charge < -0.3 is 5.32 Å². The third-order valence-corrected chi connectivity index (χ3v) is 3.17. The van der Waals surface area contributed by atoms with Crippen LogP contribution in [0.4, 0.5) is 0 Å². The Bertz CT molecular complexity index is 318. The maximum absolute atomic E-state index is 4.24. The van der Waals surface area contributed by atoms with Crippen LogP contribution in [-0.2, 0) is 0 Å². The van der Waals surface area contributed by atoms with Crippen molar-refractivity contribution in [2.45, 2.75) is 39.2 Å². The third-order valence-electron chi connectivity index (χ3n) is 3.17. The van der Waals surface area contributed by atoms with Gasteiger partial charge in [-0.05, 0) is 43.0 Å². The zero-order chi connectivity index (χ0) is 10.7. The first-order chi connectivity index (χ1) is 7.31. The second-order valence-electron chi connectivity index (χ2n) is 4.52. The Morgan fingerprint density at radius 3 is 2.93 bits per heavy atom. The Labute approximate surface area is 92.1 Å². The molecular weight excluding hydrogens is 184 g/mol. The highest BCUT2D eigenvalue weighted by atomic mass is 14.9. The number of nitrogens with zero attached hydrogens (tertiary/aromatic N) is 1. The summed E-state index contributed by atoms with van der Waals surface area (Å²) in [6, 6.07) is 2.61. The van der Waals surface area contributed by atoms with Crippen LogP contribution < -0.4 is 5.32 Å². The summed E-state index contributed by atoms with van der Waals surface area (Å²) in [6.45, 7) is 5.38. The van der Waals surface area contributed by atoms with Gasteiger partial charge in [0, 0.05) is 18.4 Å². The van der Waals surface area contributed by atoms with E-state index in [0.717, 1.165) is 12.5 Å². The summed E-state index contributed by atoms with van der Waals surface area (Å²) in [6.07, 6.45) is 8.01. The Morgan fingerprint density at radius 1 is 1.53 bits per heavy atom. The van der Waals surface area contributed by atoms with E-state index in [1.165, 1.54) is 30.4 Å². The van der Waals surface area contributed by atoms with Crippen LogP contribution in [0.25, 0.3) is 0 Å².